The summed E-state index contributed by atoms with van der Waals surface area (Å²) in [5.74, 6) is 0.414. The molecule has 0 spiro atoms. The Balaban J connectivity index is 1.43. The number of carbonyl (C=O) groups is 1. The topological polar surface area (TPSA) is 62.2 Å². The average Bonchev–Trinajstić information content (AvgIpc) is 2.89. The minimum Gasteiger partial charge on any atom is -0.390 e. The number of aryl methyl sites for hydroxylation is 1. The molecule has 0 radical (unpaired) electrons. The predicted octanol–water partition coefficient (Wildman–Crippen LogP) is 5.77. The molecule has 0 bridgehead atoms. The maximum atomic E-state index is 13.0. The molecule has 4 heteroatoms. The summed E-state index contributed by atoms with van der Waals surface area (Å²) in [7, 11) is 0. The SMILES string of the molecule is CCC[C@@]1(O)CC[C@@]2(Cc3ccccc3)c3ccc(C(=O)NCc4ccncc4)cc3CC[C@@H]2C1. The summed E-state index contributed by atoms with van der Waals surface area (Å²) >= 11 is 0. The van der Waals surface area contributed by atoms with Crippen LogP contribution >= 0.6 is 0 Å². The molecule has 0 unspecified atom stereocenters. The van der Waals surface area contributed by atoms with Crippen molar-refractivity contribution in [3.05, 3.63) is 101 Å². The predicted molar refractivity (Wildman–Crippen MR) is 139 cm³/mol. The van der Waals surface area contributed by atoms with Crippen LogP contribution in [0.1, 0.15) is 78.1 Å². The third-order valence-corrected chi connectivity index (χ3v) is 8.39. The van der Waals surface area contributed by atoms with Crippen LogP contribution in [0.4, 0.5) is 0 Å². The lowest BCUT2D eigenvalue weighted by molar-refractivity contribution is -0.0565. The maximum absolute atomic E-state index is 13.0. The summed E-state index contributed by atoms with van der Waals surface area (Å²) in [6.07, 6.45) is 11.1. The lowest BCUT2D eigenvalue weighted by Gasteiger charge is -2.53. The first kappa shape index (κ1) is 23.7. The molecule has 2 aliphatic rings. The molecule has 1 heterocycles. The molecule has 0 saturated heterocycles. The first-order valence-electron chi connectivity index (χ1n) is 13.1. The Labute approximate surface area is 208 Å². The Morgan fingerprint density at radius 1 is 1.06 bits per heavy atom. The van der Waals surface area contributed by atoms with Crippen LogP contribution in [0.15, 0.2) is 73.1 Å². The van der Waals surface area contributed by atoms with Gasteiger partial charge in [0.25, 0.3) is 5.91 Å². The zero-order valence-electron chi connectivity index (χ0n) is 20.7. The molecule has 1 fully saturated rings. The number of carbonyl (C=O) groups excluding carboxylic acids is 1. The lowest BCUT2D eigenvalue weighted by atomic mass is 9.52. The van der Waals surface area contributed by atoms with Gasteiger partial charge in [0, 0.05) is 29.9 Å². The van der Waals surface area contributed by atoms with Gasteiger partial charge in [-0.2, -0.15) is 0 Å². The van der Waals surface area contributed by atoms with Crippen molar-refractivity contribution in [1.29, 1.82) is 0 Å². The second-order valence-corrected chi connectivity index (χ2v) is 10.6. The Bertz CT molecular complexity index is 1160. The van der Waals surface area contributed by atoms with Crippen LogP contribution in [0.3, 0.4) is 0 Å². The van der Waals surface area contributed by atoms with Crippen LogP contribution in [0.5, 0.6) is 0 Å². The number of aromatic nitrogens is 1. The molecule has 0 aliphatic heterocycles. The van der Waals surface area contributed by atoms with Crippen molar-refractivity contribution in [3.63, 3.8) is 0 Å². The van der Waals surface area contributed by atoms with Gasteiger partial charge in [-0.15, -0.1) is 0 Å². The number of aliphatic hydroxyl groups is 1. The number of pyridine rings is 1. The van der Waals surface area contributed by atoms with E-state index in [0.29, 0.717) is 12.5 Å². The van der Waals surface area contributed by atoms with Crippen molar-refractivity contribution in [3.8, 4) is 0 Å². The summed E-state index contributed by atoms with van der Waals surface area (Å²) in [6.45, 7) is 2.66. The van der Waals surface area contributed by atoms with Gasteiger partial charge >= 0.3 is 0 Å². The summed E-state index contributed by atoms with van der Waals surface area (Å²) in [5.41, 5.74) is 5.29. The van der Waals surface area contributed by atoms with Crippen molar-refractivity contribution in [2.24, 2.45) is 5.92 Å². The molecule has 2 N–H and O–H groups in total. The number of hydrogen-bond acceptors (Lipinski definition) is 3. The van der Waals surface area contributed by atoms with Crippen molar-refractivity contribution in [2.45, 2.75) is 75.9 Å². The van der Waals surface area contributed by atoms with E-state index in [-0.39, 0.29) is 11.3 Å². The van der Waals surface area contributed by atoms with E-state index in [9.17, 15) is 9.90 Å². The minimum atomic E-state index is -0.538. The fourth-order valence-corrected chi connectivity index (χ4v) is 6.67. The number of nitrogens with zero attached hydrogens (tertiary/aromatic N) is 1. The third kappa shape index (κ3) is 4.90. The van der Waals surface area contributed by atoms with Gasteiger partial charge in [-0.3, -0.25) is 9.78 Å². The Hall–Kier alpha value is -2.98. The molecule has 4 nitrogen and oxygen atoms in total. The number of rotatable bonds is 7. The van der Waals surface area contributed by atoms with Crippen LogP contribution in [0.25, 0.3) is 0 Å². The fourth-order valence-electron chi connectivity index (χ4n) is 6.67. The highest BCUT2D eigenvalue weighted by atomic mass is 16.3. The van der Waals surface area contributed by atoms with Crippen molar-refractivity contribution >= 4 is 5.91 Å². The molecule has 182 valence electrons. The smallest absolute Gasteiger partial charge is 0.251 e. The highest BCUT2D eigenvalue weighted by Crippen LogP contribution is 2.55. The van der Waals surface area contributed by atoms with Crippen molar-refractivity contribution < 1.29 is 9.90 Å². The molecular formula is C31H36N2O2. The zero-order chi connectivity index (χ0) is 24.3. The van der Waals surface area contributed by atoms with Gasteiger partial charge in [-0.05, 0) is 97.4 Å². The number of nitrogens with one attached hydrogen (secondary N) is 1. The molecule has 2 aliphatic carbocycles. The van der Waals surface area contributed by atoms with E-state index in [2.05, 4.69) is 59.7 Å². The second kappa shape index (κ2) is 9.94. The summed E-state index contributed by atoms with van der Waals surface area (Å²) in [4.78, 5) is 17.0. The van der Waals surface area contributed by atoms with Crippen LogP contribution in [-0.2, 0) is 24.8 Å². The molecule has 1 saturated carbocycles. The zero-order valence-corrected chi connectivity index (χ0v) is 20.7. The maximum Gasteiger partial charge on any atom is 0.251 e. The second-order valence-electron chi connectivity index (χ2n) is 10.6. The van der Waals surface area contributed by atoms with Crippen molar-refractivity contribution in [2.75, 3.05) is 0 Å². The van der Waals surface area contributed by atoms with Gasteiger partial charge in [-0.25, -0.2) is 0 Å². The highest BCUT2D eigenvalue weighted by molar-refractivity contribution is 5.94. The standard InChI is InChI=1S/C31H36N2O2/c1-2-14-30(35)15-16-31(20-23-6-4-3-5-7-23)27(21-30)10-8-25-19-26(9-11-28(25)31)29(34)33-22-24-12-17-32-18-13-24/h3-7,9,11-13,17-19,27,35H,2,8,10,14-16,20-22H2,1H3,(H,33,34)/t27-,30-,31+/m1/s1. The van der Waals surface area contributed by atoms with Gasteiger partial charge in [0.1, 0.15) is 0 Å². The largest absolute Gasteiger partial charge is 0.390 e. The van der Waals surface area contributed by atoms with E-state index in [0.717, 1.165) is 62.5 Å². The van der Waals surface area contributed by atoms with Gasteiger partial charge in [0.15, 0.2) is 0 Å². The lowest BCUT2D eigenvalue weighted by Crippen LogP contribution is -2.51. The molecule has 1 amide bonds. The average molecular weight is 469 g/mol. The monoisotopic (exact) mass is 468 g/mol. The molecule has 5 rings (SSSR count). The van der Waals surface area contributed by atoms with E-state index < -0.39 is 5.60 Å². The highest BCUT2D eigenvalue weighted by Gasteiger charge is 2.51. The summed E-state index contributed by atoms with van der Waals surface area (Å²) in [6, 6.07) is 21.0. The number of benzene rings is 2. The van der Waals surface area contributed by atoms with Crippen LogP contribution < -0.4 is 5.32 Å². The van der Waals surface area contributed by atoms with Gasteiger partial charge in [0.05, 0.1) is 5.60 Å². The summed E-state index contributed by atoms with van der Waals surface area (Å²) < 4.78 is 0. The first-order chi connectivity index (χ1) is 17.0. The van der Waals surface area contributed by atoms with Crippen molar-refractivity contribution in [1.82, 2.24) is 10.3 Å². The number of fused-ring (bicyclic) bond motifs is 3. The molecule has 35 heavy (non-hydrogen) atoms. The molecule has 2 aromatic carbocycles. The number of amides is 1. The van der Waals surface area contributed by atoms with Crippen LogP contribution in [-0.4, -0.2) is 21.6 Å². The van der Waals surface area contributed by atoms with Crippen LogP contribution in [0, 0.1) is 5.92 Å². The van der Waals surface area contributed by atoms with Gasteiger partial charge < -0.3 is 10.4 Å². The first-order valence-corrected chi connectivity index (χ1v) is 13.1. The third-order valence-electron chi connectivity index (χ3n) is 8.39. The Morgan fingerprint density at radius 2 is 1.86 bits per heavy atom. The summed E-state index contributed by atoms with van der Waals surface area (Å²) in [5, 5.41) is 14.4. The fraction of sp³-hybridized carbons (Fsp3) is 0.419. The van der Waals surface area contributed by atoms with E-state index in [4.69, 9.17) is 0 Å². The molecule has 1 aromatic heterocycles. The Kier molecular flexibility index (Phi) is 6.75. The normalized spacial score (nSPS) is 25.4. The van der Waals surface area contributed by atoms with Gasteiger partial charge in [-0.1, -0.05) is 49.7 Å². The van der Waals surface area contributed by atoms with Gasteiger partial charge in [0.2, 0.25) is 0 Å². The number of hydrogen-bond donors (Lipinski definition) is 2. The molecular weight excluding hydrogens is 432 g/mol. The quantitative estimate of drug-likeness (QED) is 0.463. The van der Waals surface area contributed by atoms with E-state index in [1.165, 1.54) is 16.7 Å². The minimum absolute atomic E-state index is 0.0148. The van der Waals surface area contributed by atoms with Crippen LogP contribution in [0.2, 0.25) is 0 Å². The molecule has 3 aromatic rings. The molecule has 3 atom stereocenters. The van der Waals surface area contributed by atoms with E-state index >= 15 is 0 Å². The van der Waals surface area contributed by atoms with E-state index in [1.54, 1.807) is 12.4 Å². The Morgan fingerprint density at radius 3 is 2.63 bits per heavy atom. The van der Waals surface area contributed by atoms with E-state index in [1.807, 2.05) is 18.2 Å².